The van der Waals surface area contributed by atoms with Crippen molar-refractivity contribution < 1.29 is 4.79 Å². The Balaban J connectivity index is 1.62. The highest BCUT2D eigenvalue weighted by atomic mass is 35.5. The molecule has 1 aromatic carbocycles. The largest absolute Gasteiger partial charge is 0.318 e. The smallest absolute Gasteiger partial charge is 0.250 e. The number of nitrogens with one attached hydrogen (secondary N) is 1. The molecule has 150 valence electrons. The van der Waals surface area contributed by atoms with E-state index in [4.69, 9.17) is 11.6 Å². The Bertz CT molecular complexity index is 1040. The molecule has 6 nitrogen and oxygen atoms in total. The van der Waals surface area contributed by atoms with E-state index in [2.05, 4.69) is 25.1 Å². The SMILES string of the molecule is Cc1cc(C)nc(SCC(=O)N/N=C\c2cc(C)n(-c3ccc(Cl)cc3)c2C)n1. The summed E-state index contributed by atoms with van der Waals surface area (Å²) < 4.78 is 2.12. The fraction of sp³-hybridized carbons (Fsp3) is 0.238. The Kier molecular flexibility index (Phi) is 6.71. The number of benzene rings is 1. The molecule has 0 radical (unpaired) electrons. The van der Waals surface area contributed by atoms with Crippen LogP contribution in [-0.4, -0.2) is 32.4 Å². The number of nitrogens with zero attached hydrogens (tertiary/aromatic N) is 4. The highest BCUT2D eigenvalue weighted by Crippen LogP contribution is 2.21. The number of halogens is 1. The molecule has 0 aliphatic rings. The summed E-state index contributed by atoms with van der Waals surface area (Å²) in [6, 6.07) is 11.6. The van der Waals surface area contributed by atoms with Gasteiger partial charge in [0, 0.05) is 39.0 Å². The lowest BCUT2D eigenvalue weighted by Gasteiger charge is -2.09. The average molecular weight is 428 g/mol. The molecule has 2 aromatic heterocycles. The molecule has 3 rings (SSSR count). The van der Waals surface area contributed by atoms with Gasteiger partial charge in [-0.3, -0.25) is 4.79 Å². The minimum atomic E-state index is -0.208. The number of aryl methyl sites for hydroxylation is 3. The third-order valence-electron chi connectivity index (χ3n) is 4.24. The van der Waals surface area contributed by atoms with Gasteiger partial charge in [0.2, 0.25) is 0 Å². The topological polar surface area (TPSA) is 72.2 Å². The lowest BCUT2D eigenvalue weighted by atomic mass is 10.2. The van der Waals surface area contributed by atoms with Gasteiger partial charge in [-0.2, -0.15) is 5.10 Å². The minimum absolute atomic E-state index is 0.198. The zero-order valence-corrected chi connectivity index (χ0v) is 18.3. The quantitative estimate of drug-likeness (QED) is 0.274. The van der Waals surface area contributed by atoms with Gasteiger partial charge in [0.25, 0.3) is 5.91 Å². The molecule has 3 aromatic rings. The standard InChI is InChI=1S/C21H22ClN5OS/c1-13-9-14(2)25-21(24-13)29-12-20(28)26-23-11-17-10-15(3)27(16(17)4)19-7-5-18(22)6-8-19/h5-11H,12H2,1-4H3,(H,26,28)/b23-11-. The van der Waals surface area contributed by atoms with Gasteiger partial charge in [0.1, 0.15) is 0 Å². The Morgan fingerprint density at radius 1 is 1.14 bits per heavy atom. The van der Waals surface area contributed by atoms with Gasteiger partial charge < -0.3 is 4.57 Å². The molecule has 0 spiro atoms. The number of carbonyl (C=O) groups excluding carboxylic acids is 1. The van der Waals surface area contributed by atoms with Crippen LogP contribution in [0.4, 0.5) is 0 Å². The molecule has 29 heavy (non-hydrogen) atoms. The molecular formula is C21H22ClN5OS. The molecule has 0 saturated carbocycles. The lowest BCUT2D eigenvalue weighted by Crippen LogP contribution is -2.19. The van der Waals surface area contributed by atoms with E-state index in [1.165, 1.54) is 11.8 Å². The highest BCUT2D eigenvalue weighted by molar-refractivity contribution is 7.99. The van der Waals surface area contributed by atoms with Gasteiger partial charge in [-0.1, -0.05) is 23.4 Å². The van der Waals surface area contributed by atoms with Crippen molar-refractivity contribution in [3.63, 3.8) is 0 Å². The Morgan fingerprint density at radius 2 is 1.79 bits per heavy atom. The monoisotopic (exact) mass is 427 g/mol. The maximum atomic E-state index is 12.1. The van der Waals surface area contributed by atoms with Gasteiger partial charge in [-0.25, -0.2) is 15.4 Å². The van der Waals surface area contributed by atoms with E-state index in [-0.39, 0.29) is 11.7 Å². The molecule has 0 aliphatic carbocycles. The van der Waals surface area contributed by atoms with Crippen molar-refractivity contribution in [2.24, 2.45) is 5.10 Å². The van der Waals surface area contributed by atoms with Gasteiger partial charge in [0.05, 0.1) is 12.0 Å². The second-order valence-corrected chi connectivity index (χ2v) is 8.03. The first-order valence-corrected chi connectivity index (χ1v) is 10.4. The maximum Gasteiger partial charge on any atom is 0.250 e. The molecule has 0 saturated heterocycles. The van der Waals surface area contributed by atoms with Gasteiger partial charge in [-0.15, -0.1) is 0 Å². The lowest BCUT2D eigenvalue weighted by molar-refractivity contribution is -0.118. The van der Waals surface area contributed by atoms with Crippen LogP contribution < -0.4 is 5.43 Å². The normalized spacial score (nSPS) is 11.2. The summed E-state index contributed by atoms with van der Waals surface area (Å²) >= 11 is 7.27. The zero-order valence-electron chi connectivity index (χ0n) is 16.7. The molecule has 1 amide bonds. The van der Waals surface area contributed by atoms with Crippen LogP contribution in [0, 0.1) is 27.7 Å². The summed E-state index contributed by atoms with van der Waals surface area (Å²) in [6.45, 7) is 7.85. The fourth-order valence-electron chi connectivity index (χ4n) is 3.00. The molecule has 0 unspecified atom stereocenters. The van der Waals surface area contributed by atoms with E-state index in [0.717, 1.165) is 34.0 Å². The number of amides is 1. The Morgan fingerprint density at radius 3 is 2.45 bits per heavy atom. The van der Waals surface area contributed by atoms with E-state index < -0.39 is 0 Å². The van der Waals surface area contributed by atoms with Crippen LogP contribution in [0.15, 0.2) is 46.7 Å². The number of hydrogen-bond donors (Lipinski definition) is 1. The number of hydrogen-bond acceptors (Lipinski definition) is 5. The maximum absolute atomic E-state index is 12.1. The first-order chi connectivity index (χ1) is 13.8. The molecule has 0 bridgehead atoms. The van der Waals surface area contributed by atoms with Gasteiger partial charge in [0.15, 0.2) is 5.16 Å². The third-order valence-corrected chi connectivity index (χ3v) is 5.34. The number of hydrazone groups is 1. The summed E-state index contributed by atoms with van der Waals surface area (Å²) in [4.78, 5) is 20.7. The summed E-state index contributed by atoms with van der Waals surface area (Å²) in [6.07, 6.45) is 1.66. The average Bonchev–Trinajstić information content (AvgIpc) is 2.94. The predicted molar refractivity (Wildman–Crippen MR) is 118 cm³/mol. The van der Waals surface area contributed by atoms with Gasteiger partial charge in [-0.05, 0) is 64.1 Å². The highest BCUT2D eigenvalue weighted by Gasteiger charge is 2.10. The fourth-order valence-corrected chi connectivity index (χ4v) is 3.87. The number of carbonyl (C=O) groups is 1. The van der Waals surface area contributed by atoms with Crippen molar-refractivity contribution in [3.05, 3.63) is 69.8 Å². The number of rotatable bonds is 6. The van der Waals surface area contributed by atoms with Crippen LogP contribution in [0.25, 0.3) is 5.69 Å². The molecule has 0 atom stereocenters. The van der Waals surface area contributed by atoms with E-state index in [1.54, 1.807) is 6.21 Å². The summed E-state index contributed by atoms with van der Waals surface area (Å²) in [5.74, 6) is -0.00941. The molecule has 8 heteroatoms. The van der Waals surface area contributed by atoms with Crippen LogP contribution in [0.1, 0.15) is 28.3 Å². The van der Waals surface area contributed by atoms with Crippen molar-refractivity contribution in [1.82, 2.24) is 20.0 Å². The van der Waals surface area contributed by atoms with Crippen molar-refractivity contribution in [2.75, 3.05) is 5.75 Å². The van der Waals surface area contributed by atoms with Crippen molar-refractivity contribution >= 4 is 35.5 Å². The third kappa shape index (κ3) is 5.46. The second kappa shape index (κ2) is 9.24. The molecule has 2 heterocycles. The number of aromatic nitrogens is 3. The van der Waals surface area contributed by atoms with Crippen LogP contribution in [-0.2, 0) is 4.79 Å². The molecular weight excluding hydrogens is 406 g/mol. The second-order valence-electron chi connectivity index (χ2n) is 6.65. The zero-order chi connectivity index (χ0) is 21.0. The molecule has 1 N–H and O–H groups in total. The van der Waals surface area contributed by atoms with Crippen molar-refractivity contribution in [2.45, 2.75) is 32.9 Å². The minimum Gasteiger partial charge on any atom is -0.318 e. The van der Waals surface area contributed by atoms with Crippen molar-refractivity contribution in [3.8, 4) is 5.69 Å². The first kappa shape index (κ1) is 21.1. The van der Waals surface area contributed by atoms with E-state index >= 15 is 0 Å². The Hall–Kier alpha value is -2.64. The van der Waals surface area contributed by atoms with E-state index in [0.29, 0.717) is 10.2 Å². The molecule has 0 aliphatic heterocycles. The Labute approximate surface area is 179 Å². The van der Waals surface area contributed by atoms with Crippen LogP contribution in [0.3, 0.4) is 0 Å². The molecule has 0 fully saturated rings. The van der Waals surface area contributed by atoms with E-state index in [9.17, 15) is 4.79 Å². The van der Waals surface area contributed by atoms with Crippen LogP contribution in [0.5, 0.6) is 0 Å². The van der Waals surface area contributed by atoms with E-state index in [1.807, 2.05) is 64.1 Å². The summed E-state index contributed by atoms with van der Waals surface area (Å²) in [7, 11) is 0. The first-order valence-electron chi connectivity index (χ1n) is 9.05. The number of thioether (sulfide) groups is 1. The summed E-state index contributed by atoms with van der Waals surface area (Å²) in [5, 5.41) is 5.39. The van der Waals surface area contributed by atoms with Crippen molar-refractivity contribution in [1.29, 1.82) is 0 Å². The van der Waals surface area contributed by atoms with Crippen LogP contribution >= 0.6 is 23.4 Å². The van der Waals surface area contributed by atoms with Crippen LogP contribution in [0.2, 0.25) is 5.02 Å². The van der Waals surface area contributed by atoms with Gasteiger partial charge >= 0.3 is 0 Å². The predicted octanol–water partition coefficient (Wildman–Crippen LogP) is 4.40. The summed E-state index contributed by atoms with van der Waals surface area (Å²) in [5.41, 5.74) is 8.39.